The first-order chi connectivity index (χ1) is 4.74. The molecule has 2 nitrogen and oxygen atoms in total. The van der Waals surface area contributed by atoms with Gasteiger partial charge in [0.15, 0.2) is 0 Å². The van der Waals surface area contributed by atoms with Gasteiger partial charge in [-0.1, -0.05) is 0 Å². The van der Waals surface area contributed by atoms with Crippen LogP contribution in [0.5, 0.6) is 0 Å². The summed E-state index contributed by atoms with van der Waals surface area (Å²) in [6.07, 6.45) is 4.14. The van der Waals surface area contributed by atoms with Crippen LogP contribution in [0, 0.1) is 0 Å². The fraction of sp³-hybridized carbons (Fsp3) is 0.500. The Morgan fingerprint density at radius 3 is 2.70 bits per heavy atom. The van der Waals surface area contributed by atoms with Gasteiger partial charge in [-0.2, -0.15) is 0 Å². The lowest BCUT2D eigenvalue weighted by Gasteiger charge is -1.99. The molecule has 2 heteroatoms. The van der Waals surface area contributed by atoms with Gasteiger partial charge in [0.05, 0.1) is 0 Å². The molecule has 0 spiro atoms. The van der Waals surface area contributed by atoms with Crippen molar-refractivity contribution in [1.82, 2.24) is 4.57 Å². The van der Waals surface area contributed by atoms with Gasteiger partial charge in [-0.25, -0.2) is 0 Å². The first-order valence-corrected chi connectivity index (χ1v) is 3.65. The summed E-state index contributed by atoms with van der Waals surface area (Å²) in [6.45, 7) is 5.13. The fourth-order valence-electron chi connectivity index (χ4n) is 0.925. The molecule has 0 saturated carbocycles. The molecular weight excluding hydrogens is 124 g/mol. The summed E-state index contributed by atoms with van der Waals surface area (Å²) in [5.41, 5.74) is 6.88. The molecule has 0 radical (unpaired) electrons. The van der Waals surface area contributed by atoms with Gasteiger partial charge in [-0.15, -0.1) is 0 Å². The zero-order chi connectivity index (χ0) is 7.56. The van der Waals surface area contributed by atoms with E-state index >= 15 is 0 Å². The molecule has 1 atom stereocenters. The normalized spacial score (nSPS) is 13.5. The molecule has 1 heterocycles. The Balaban J connectivity index is 2.78. The maximum absolute atomic E-state index is 5.67. The molecule has 1 aromatic heterocycles. The lowest BCUT2D eigenvalue weighted by atomic mass is 10.2. The molecule has 1 aromatic rings. The standard InChI is InChI=1S/C8H14N2/c1-3-10-5-4-8(6-10)7(2)9/h4-7H,3,9H2,1-2H3. The maximum Gasteiger partial charge on any atom is 0.0281 e. The van der Waals surface area contributed by atoms with Gasteiger partial charge < -0.3 is 10.3 Å². The largest absolute Gasteiger partial charge is 0.354 e. The van der Waals surface area contributed by atoms with Crippen molar-refractivity contribution in [2.45, 2.75) is 26.4 Å². The minimum absolute atomic E-state index is 0.160. The number of hydrogen-bond donors (Lipinski definition) is 1. The topological polar surface area (TPSA) is 30.9 Å². The van der Waals surface area contributed by atoms with Crippen molar-refractivity contribution in [3.05, 3.63) is 24.0 Å². The monoisotopic (exact) mass is 138 g/mol. The molecule has 0 fully saturated rings. The van der Waals surface area contributed by atoms with E-state index in [0.29, 0.717) is 0 Å². The van der Waals surface area contributed by atoms with E-state index in [9.17, 15) is 0 Å². The Labute approximate surface area is 61.7 Å². The zero-order valence-electron chi connectivity index (χ0n) is 6.54. The van der Waals surface area contributed by atoms with E-state index in [1.165, 1.54) is 5.56 Å². The van der Waals surface area contributed by atoms with Crippen LogP contribution in [0.4, 0.5) is 0 Å². The third-order valence-electron chi connectivity index (χ3n) is 1.66. The van der Waals surface area contributed by atoms with Crippen LogP contribution in [0.2, 0.25) is 0 Å². The fourth-order valence-corrected chi connectivity index (χ4v) is 0.925. The van der Waals surface area contributed by atoms with Crippen molar-refractivity contribution in [2.24, 2.45) is 5.73 Å². The molecule has 0 aliphatic carbocycles. The quantitative estimate of drug-likeness (QED) is 0.660. The van der Waals surface area contributed by atoms with Gasteiger partial charge in [0.2, 0.25) is 0 Å². The van der Waals surface area contributed by atoms with Crippen LogP contribution < -0.4 is 5.73 Å². The molecule has 0 aromatic carbocycles. The molecule has 1 rings (SSSR count). The summed E-state index contributed by atoms with van der Waals surface area (Å²) in [5, 5.41) is 0. The second kappa shape index (κ2) is 2.88. The predicted molar refractivity (Wildman–Crippen MR) is 42.7 cm³/mol. The number of nitrogens with zero attached hydrogens (tertiary/aromatic N) is 1. The van der Waals surface area contributed by atoms with Crippen molar-refractivity contribution >= 4 is 0 Å². The SMILES string of the molecule is CCn1ccc(C(C)N)c1. The molecule has 0 aliphatic heterocycles. The van der Waals surface area contributed by atoms with E-state index in [1.54, 1.807) is 0 Å². The summed E-state index contributed by atoms with van der Waals surface area (Å²) in [4.78, 5) is 0. The minimum atomic E-state index is 0.160. The van der Waals surface area contributed by atoms with Crippen molar-refractivity contribution < 1.29 is 0 Å². The molecule has 0 bridgehead atoms. The average Bonchev–Trinajstić information content (AvgIpc) is 2.34. The summed E-state index contributed by atoms with van der Waals surface area (Å²) in [7, 11) is 0. The molecule has 0 saturated heterocycles. The van der Waals surface area contributed by atoms with Crippen molar-refractivity contribution in [1.29, 1.82) is 0 Å². The van der Waals surface area contributed by atoms with Crippen molar-refractivity contribution in [2.75, 3.05) is 0 Å². The van der Waals surface area contributed by atoms with Crippen LogP contribution in [0.1, 0.15) is 25.5 Å². The molecular formula is C8H14N2. The third kappa shape index (κ3) is 1.39. The minimum Gasteiger partial charge on any atom is -0.354 e. The van der Waals surface area contributed by atoms with Crippen molar-refractivity contribution in [3.8, 4) is 0 Å². The Morgan fingerprint density at radius 1 is 1.70 bits per heavy atom. The van der Waals surface area contributed by atoms with Gasteiger partial charge in [0.25, 0.3) is 0 Å². The highest BCUT2D eigenvalue weighted by Crippen LogP contribution is 2.08. The smallest absolute Gasteiger partial charge is 0.0281 e. The second-order valence-corrected chi connectivity index (χ2v) is 2.56. The molecule has 10 heavy (non-hydrogen) atoms. The Morgan fingerprint density at radius 2 is 2.40 bits per heavy atom. The van der Waals surface area contributed by atoms with Crippen molar-refractivity contribution in [3.63, 3.8) is 0 Å². The lowest BCUT2D eigenvalue weighted by Crippen LogP contribution is -2.03. The van der Waals surface area contributed by atoms with Gasteiger partial charge in [0.1, 0.15) is 0 Å². The number of rotatable bonds is 2. The summed E-state index contributed by atoms with van der Waals surface area (Å²) in [6, 6.07) is 2.22. The summed E-state index contributed by atoms with van der Waals surface area (Å²) >= 11 is 0. The predicted octanol–water partition coefficient (Wildman–Crippen LogP) is 1.53. The lowest BCUT2D eigenvalue weighted by molar-refractivity contribution is 0.752. The average molecular weight is 138 g/mol. The van der Waals surface area contributed by atoms with Crippen LogP contribution in [0.3, 0.4) is 0 Å². The molecule has 2 N–H and O–H groups in total. The number of hydrogen-bond acceptors (Lipinski definition) is 1. The van der Waals surface area contributed by atoms with E-state index in [-0.39, 0.29) is 6.04 Å². The third-order valence-corrected chi connectivity index (χ3v) is 1.66. The summed E-state index contributed by atoms with van der Waals surface area (Å²) in [5.74, 6) is 0. The Kier molecular flexibility index (Phi) is 2.12. The highest BCUT2D eigenvalue weighted by Gasteiger charge is 1.98. The maximum atomic E-state index is 5.67. The molecule has 0 aliphatic rings. The van der Waals surface area contributed by atoms with Gasteiger partial charge in [0, 0.05) is 25.0 Å². The highest BCUT2D eigenvalue weighted by molar-refractivity contribution is 5.13. The number of aromatic nitrogens is 1. The van der Waals surface area contributed by atoms with E-state index < -0.39 is 0 Å². The van der Waals surface area contributed by atoms with Gasteiger partial charge >= 0.3 is 0 Å². The number of nitrogens with two attached hydrogens (primary N) is 1. The van der Waals surface area contributed by atoms with Gasteiger partial charge in [-0.3, -0.25) is 0 Å². The first kappa shape index (κ1) is 7.35. The van der Waals surface area contributed by atoms with Crippen LogP contribution in [0.25, 0.3) is 0 Å². The highest BCUT2D eigenvalue weighted by atomic mass is 14.9. The summed E-state index contributed by atoms with van der Waals surface area (Å²) < 4.78 is 2.12. The molecule has 1 unspecified atom stereocenters. The second-order valence-electron chi connectivity index (χ2n) is 2.56. The van der Waals surface area contributed by atoms with E-state index in [1.807, 2.05) is 6.92 Å². The molecule has 0 amide bonds. The van der Waals surface area contributed by atoms with E-state index in [0.717, 1.165) is 6.54 Å². The van der Waals surface area contributed by atoms with Crippen LogP contribution >= 0.6 is 0 Å². The van der Waals surface area contributed by atoms with Gasteiger partial charge in [-0.05, 0) is 25.5 Å². The zero-order valence-corrected chi connectivity index (χ0v) is 6.54. The van der Waals surface area contributed by atoms with Crippen LogP contribution in [-0.4, -0.2) is 4.57 Å². The number of aryl methyl sites for hydroxylation is 1. The van der Waals surface area contributed by atoms with E-state index in [4.69, 9.17) is 5.73 Å². The Hall–Kier alpha value is -0.760. The Bertz CT molecular complexity index is 201. The van der Waals surface area contributed by atoms with Crippen LogP contribution in [-0.2, 0) is 6.54 Å². The molecule has 56 valence electrons. The first-order valence-electron chi connectivity index (χ1n) is 3.65. The van der Waals surface area contributed by atoms with Crippen LogP contribution in [0.15, 0.2) is 18.5 Å². The van der Waals surface area contributed by atoms with E-state index in [2.05, 4.69) is 30.0 Å².